The van der Waals surface area contributed by atoms with Crippen LogP contribution in [0.1, 0.15) is 18.5 Å². The van der Waals surface area contributed by atoms with E-state index in [-0.39, 0.29) is 24.8 Å². The van der Waals surface area contributed by atoms with Crippen molar-refractivity contribution in [2.45, 2.75) is 25.4 Å². The van der Waals surface area contributed by atoms with Crippen LogP contribution in [0.3, 0.4) is 0 Å². The fourth-order valence-electron chi connectivity index (χ4n) is 3.65. The first-order valence-electron chi connectivity index (χ1n) is 7.26. The minimum atomic E-state index is 0. The highest BCUT2D eigenvalue weighted by Crippen LogP contribution is 2.37. The molecule has 0 aromatic carbocycles. The van der Waals surface area contributed by atoms with E-state index in [4.69, 9.17) is 10.2 Å². The third kappa shape index (κ3) is 3.34. The second-order valence-electron chi connectivity index (χ2n) is 5.98. The first-order valence-corrected chi connectivity index (χ1v) is 8.14. The summed E-state index contributed by atoms with van der Waals surface area (Å²) in [5.74, 6) is 2.38. The van der Waals surface area contributed by atoms with Crippen LogP contribution in [0, 0.1) is 11.8 Å². The van der Waals surface area contributed by atoms with Gasteiger partial charge in [-0.25, -0.2) is 4.98 Å². The lowest BCUT2D eigenvalue weighted by Gasteiger charge is -2.16. The Balaban J connectivity index is 0.000000882. The van der Waals surface area contributed by atoms with Gasteiger partial charge in [0.15, 0.2) is 10.8 Å². The fourth-order valence-corrected chi connectivity index (χ4v) is 4.43. The van der Waals surface area contributed by atoms with E-state index in [1.165, 1.54) is 19.4 Å². The molecule has 122 valence electrons. The number of nitrogens with two attached hydrogens (primary N) is 1. The summed E-state index contributed by atoms with van der Waals surface area (Å²) in [4.78, 5) is 7.19. The van der Waals surface area contributed by atoms with Crippen molar-refractivity contribution in [3.8, 4) is 10.8 Å². The van der Waals surface area contributed by atoms with Crippen molar-refractivity contribution in [3.63, 3.8) is 0 Å². The van der Waals surface area contributed by atoms with Crippen LogP contribution >= 0.6 is 36.2 Å². The largest absolute Gasteiger partial charge is 0.462 e. The molecular formula is C15H21Cl2N3OS. The van der Waals surface area contributed by atoms with Crippen molar-refractivity contribution >= 4 is 36.2 Å². The van der Waals surface area contributed by atoms with Gasteiger partial charge in [0.2, 0.25) is 0 Å². The van der Waals surface area contributed by atoms with Gasteiger partial charge in [0.25, 0.3) is 0 Å². The molecule has 2 aromatic heterocycles. The molecule has 3 heterocycles. The molecule has 2 aromatic rings. The maximum Gasteiger partial charge on any atom is 0.162 e. The second-order valence-corrected chi connectivity index (χ2v) is 6.84. The maximum absolute atomic E-state index is 6.19. The molecule has 0 radical (unpaired) electrons. The number of hydrogen-bond donors (Lipinski definition) is 1. The molecule has 1 aliphatic heterocycles. The lowest BCUT2D eigenvalue weighted by Crippen LogP contribution is -2.30. The molecule has 22 heavy (non-hydrogen) atoms. The van der Waals surface area contributed by atoms with Crippen molar-refractivity contribution in [3.05, 3.63) is 29.5 Å². The van der Waals surface area contributed by atoms with Crippen molar-refractivity contribution in [2.24, 2.45) is 17.6 Å². The van der Waals surface area contributed by atoms with E-state index in [1.54, 1.807) is 17.6 Å². The first-order chi connectivity index (χ1) is 9.79. The van der Waals surface area contributed by atoms with Gasteiger partial charge in [-0.3, -0.25) is 4.90 Å². The van der Waals surface area contributed by atoms with Gasteiger partial charge in [-0.2, -0.15) is 0 Å². The lowest BCUT2D eigenvalue weighted by atomic mass is 9.98. The highest BCUT2D eigenvalue weighted by Gasteiger charge is 2.40. The number of fused-ring (bicyclic) bond motifs is 1. The lowest BCUT2D eigenvalue weighted by molar-refractivity contribution is 0.295. The van der Waals surface area contributed by atoms with Crippen LogP contribution in [-0.2, 0) is 6.54 Å². The maximum atomic E-state index is 6.19. The van der Waals surface area contributed by atoms with Gasteiger partial charge in [-0.05, 0) is 36.8 Å². The average Bonchev–Trinajstić information content (AvgIpc) is 3.17. The summed E-state index contributed by atoms with van der Waals surface area (Å²) in [7, 11) is 0. The van der Waals surface area contributed by atoms with Crippen molar-refractivity contribution in [1.29, 1.82) is 0 Å². The molecule has 0 spiro atoms. The van der Waals surface area contributed by atoms with Gasteiger partial charge in [0.05, 0.1) is 12.0 Å². The van der Waals surface area contributed by atoms with Gasteiger partial charge in [-0.1, -0.05) is 0 Å². The van der Waals surface area contributed by atoms with Crippen LogP contribution in [0.2, 0.25) is 0 Å². The molecule has 2 fully saturated rings. The molecule has 2 aliphatic rings. The van der Waals surface area contributed by atoms with Crippen LogP contribution in [0.15, 0.2) is 28.2 Å². The van der Waals surface area contributed by atoms with Crippen LogP contribution < -0.4 is 5.73 Å². The molecule has 1 aliphatic carbocycles. The smallest absolute Gasteiger partial charge is 0.162 e. The highest BCUT2D eigenvalue weighted by molar-refractivity contribution is 7.13. The second kappa shape index (κ2) is 7.32. The van der Waals surface area contributed by atoms with Crippen LogP contribution in [-0.4, -0.2) is 29.0 Å². The zero-order chi connectivity index (χ0) is 13.5. The number of furan rings is 1. The molecule has 3 unspecified atom stereocenters. The molecule has 7 heteroatoms. The zero-order valence-corrected chi connectivity index (χ0v) is 14.6. The Morgan fingerprint density at radius 2 is 2.18 bits per heavy atom. The molecule has 0 bridgehead atoms. The Morgan fingerprint density at radius 1 is 1.32 bits per heavy atom. The number of likely N-dealkylation sites (tertiary alicyclic amines) is 1. The Morgan fingerprint density at radius 3 is 2.91 bits per heavy atom. The Hall–Kier alpha value is -0.590. The Kier molecular flexibility index (Phi) is 5.91. The zero-order valence-electron chi connectivity index (χ0n) is 12.2. The first kappa shape index (κ1) is 17.8. The van der Waals surface area contributed by atoms with Gasteiger partial charge in [-0.15, -0.1) is 36.2 Å². The molecular weight excluding hydrogens is 341 g/mol. The summed E-state index contributed by atoms with van der Waals surface area (Å²) >= 11 is 1.66. The predicted molar refractivity (Wildman–Crippen MR) is 93.8 cm³/mol. The van der Waals surface area contributed by atoms with Crippen molar-refractivity contribution in [2.75, 3.05) is 13.1 Å². The van der Waals surface area contributed by atoms with E-state index in [1.807, 2.05) is 12.1 Å². The topological polar surface area (TPSA) is 55.3 Å². The summed E-state index contributed by atoms with van der Waals surface area (Å²) in [5.41, 5.74) is 7.34. The Bertz CT molecular complexity index is 589. The van der Waals surface area contributed by atoms with Crippen molar-refractivity contribution < 1.29 is 4.42 Å². The number of rotatable bonds is 3. The number of thiazole rings is 1. The molecule has 3 atom stereocenters. The monoisotopic (exact) mass is 361 g/mol. The third-order valence-corrected chi connectivity index (χ3v) is 5.56. The quantitative estimate of drug-likeness (QED) is 0.909. The van der Waals surface area contributed by atoms with Gasteiger partial charge in [0.1, 0.15) is 0 Å². The summed E-state index contributed by atoms with van der Waals surface area (Å²) in [5, 5.41) is 3.12. The molecule has 0 amide bonds. The van der Waals surface area contributed by atoms with Crippen LogP contribution in [0.4, 0.5) is 0 Å². The van der Waals surface area contributed by atoms with E-state index in [0.717, 1.165) is 35.5 Å². The van der Waals surface area contributed by atoms with Gasteiger partial charge >= 0.3 is 0 Å². The van der Waals surface area contributed by atoms with Gasteiger partial charge < -0.3 is 10.2 Å². The normalized spacial score (nSPS) is 27.2. The number of hydrogen-bond acceptors (Lipinski definition) is 5. The summed E-state index contributed by atoms with van der Waals surface area (Å²) in [6.07, 6.45) is 4.21. The van der Waals surface area contributed by atoms with Gasteiger partial charge in [0, 0.05) is 31.1 Å². The molecule has 2 N–H and O–H groups in total. The molecule has 1 saturated carbocycles. The molecule has 4 nitrogen and oxygen atoms in total. The van der Waals surface area contributed by atoms with Crippen LogP contribution in [0.5, 0.6) is 0 Å². The SMILES string of the molecule is Cl.Cl.NC1CCC2CN(Cc3csc(-c4ccco4)n3)CC12. The Labute approximate surface area is 146 Å². The number of halogens is 2. The number of aromatic nitrogens is 1. The standard InChI is InChI=1S/C15H19N3OS.2ClH/c16-13-4-3-10-6-18(8-12(10)13)7-11-9-20-15(17-11)14-2-1-5-19-14;;/h1-2,5,9-10,12-13H,3-4,6-8,16H2;2*1H. The summed E-state index contributed by atoms with van der Waals surface area (Å²) < 4.78 is 5.40. The van der Waals surface area contributed by atoms with E-state index >= 15 is 0 Å². The summed E-state index contributed by atoms with van der Waals surface area (Å²) in [6, 6.07) is 4.28. The average molecular weight is 362 g/mol. The van der Waals surface area contributed by atoms with E-state index in [2.05, 4.69) is 15.3 Å². The van der Waals surface area contributed by atoms with Crippen LogP contribution in [0.25, 0.3) is 10.8 Å². The van der Waals surface area contributed by atoms with Crippen molar-refractivity contribution in [1.82, 2.24) is 9.88 Å². The van der Waals surface area contributed by atoms with E-state index < -0.39 is 0 Å². The third-order valence-electron chi connectivity index (χ3n) is 4.66. The van der Waals surface area contributed by atoms with E-state index in [0.29, 0.717) is 12.0 Å². The minimum absolute atomic E-state index is 0. The summed E-state index contributed by atoms with van der Waals surface area (Å²) in [6.45, 7) is 3.27. The predicted octanol–water partition coefficient (Wildman–Crippen LogP) is 3.42. The molecule has 4 rings (SSSR count). The van der Waals surface area contributed by atoms with E-state index in [9.17, 15) is 0 Å². The highest BCUT2D eigenvalue weighted by atomic mass is 35.5. The minimum Gasteiger partial charge on any atom is -0.462 e. The fraction of sp³-hybridized carbons (Fsp3) is 0.533. The molecule has 1 saturated heterocycles. The number of nitrogens with zero attached hydrogens (tertiary/aromatic N) is 2.